The molecule has 0 aromatic heterocycles. The van der Waals surface area contributed by atoms with E-state index >= 15 is 0 Å². The molecule has 0 saturated carbocycles. The Hall–Kier alpha value is -1.89. The van der Waals surface area contributed by atoms with Crippen LogP contribution in [0.4, 0.5) is 0 Å². The Kier molecular flexibility index (Phi) is 11.7. The first-order valence-corrected chi connectivity index (χ1v) is 10.2. The highest BCUT2D eigenvalue weighted by molar-refractivity contribution is 5.90. The van der Waals surface area contributed by atoms with Gasteiger partial charge in [-0.1, -0.05) is 40.7 Å². The Morgan fingerprint density at radius 3 is 2.11 bits per heavy atom. The molecule has 1 atom stereocenters. The average Bonchev–Trinajstić information content (AvgIpc) is 2.67. The molecular formula is C21H39N3O4. The molecule has 0 heterocycles. The molecule has 0 bridgehead atoms. The molecule has 0 aliphatic rings. The molecule has 162 valence electrons. The molecule has 0 aliphatic carbocycles. The van der Waals surface area contributed by atoms with Crippen LogP contribution in [-0.4, -0.2) is 61.0 Å². The number of nitrogens with zero attached hydrogens (tertiary/aromatic N) is 1. The number of nitrogens with one attached hydrogen (secondary N) is 2. The quantitative estimate of drug-likeness (QED) is 0.390. The standard InChI is InChI=1S/C21H39N3O4/c1-9-21(10-2,23-11-3)20(27)22-14-18(25)24(8)17(15(5)6)13-16(7)19(26)28-12-4/h13,15,17,23H,9-12,14H2,1-8H3,(H,22,27)/b16-13+/t17-/m1/s1. The summed E-state index contributed by atoms with van der Waals surface area (Å²) in [4.78, 5) is 38.8. The van der Waals surface area contributed by atoms with E-state index in [1.54, 1.807) is 31.9 Å². The van der Waals surface area contributed by atoms with Crippen LogP contribution >= 0.6 is 0 Å². The fourth-order valence-electron chi connectivity index (χ4n) is 3.18. The smallest absolute Gasteiger partial charge is 0.333 e. The summed E-state index contributed by atoms with van der Waals surface area (Å²) in [5.74, 6) is -0.664. The lowest BCUT2D eigenvalue weighted by atomic mass is 9.91. The van der Waals surface area contributed by atoms with E-state index in [4.69, 9.17) is 4.74 Å². The second kappa shape index (κ2) is 12.5. The van der Waals surface area contributed by atoms with Crippen molar-refractivity contribution in [2.75, 3.05) is 26.7 Å². The first-order valence-electron chi connectivity index (χ1n) is 10.2. The summed E-state index contributed by atoms with van der Waals surface area (Å²) >= 11 is 0. The number of hydrogen-bond acceptors (Lipinski definition) is 5. The molecule has 0 radical (unpaired) electrons. The van der Waals surface area contributed by atoms with Crippen molar-refractivity contribution in [1.29, 1.82) is 0 Å². The molecule has 0 saturated heterocycles. The summed E-state index contributed by atoms with van der Waals surface area (Å²) in [6, 6.07) is -0.273. The summed E-state index contributed by atoms with van der Waals surface area (Å²) in [6.45, 7) is 14.2. The van der Waals surface area contributed by atoms with Gasteiger partial charge in [0, 0.05) is 12.6 Å². The third kappa shape index (κ3) is 7.26. The number of likely N-dealkylation sites (N-methyl/N-ethyl adjacent to an activating group) is 2. The van der Waals surface area contributed by atoms with Gasteiger partial charge < -0.3 is 20.3 Å². The van der Waals surface area contributed by atoms with Crippen molar-refractivity contribution in [3.8, 4) is 0 Å². The third-order valence-corrected chi connectivity index (χ3v) is 5.10. The molecule has 2 amide bonds. The predicted molar refractivity (Wildman–Crippen MR) is 112 cm³/mol. The molecule has 7 heteroatoms. The highest BCUT2D eigenvalue weighted by Crippen LogP contribution is 2.16. The molecular weight excluding hydrogens is 358 g/mol. The van der Waals surface area contributed by atoms with E-state index in [1.807, 2.05) is 34.6 Å². The number of esters is 1. The van der Waals surface area contributed by atoms with Gasteiger partial charge in [-0.3, -0.25) is 9.59 Å². The molecule has 28 heavy (non-hydrogen) atoms. The van der Waals surface area contributed by atoms with Gasteiger partial charge in [0.05, 0.1) is 24.7 Å². The van der Waals surface area contributed by atoms with Gasteiger partial charge in [0.1, 0.15) is 0 Å². The van der Waals surface area contributed by atoms with E-state index in [9.17, 15) is 14.4 Å². The molecule has 0 aliphatic heterocycles. The van der Waals surface area contributed by atoms with E-state index < -0.39 is 5.54 Å². The SMILES string of the molecule is CCNC(CC)(CC)C(=O)NCC(=O)N(C)[C@H](/C=C(\C)C(=O)OCC)C(C)C. The van der Waals surface area contributed by atoms with Gasteiger partial charge in [0.2, 0.25) is 11.8 Å². The summed E-state index contributed by atoms with van der Waals surface area (Å²) in [7, 11) is 1.69. The van der Waals surface area contributed by atoms with Crippen molar-refractivity contribution in [2.24, 2.45) is 5.92 Å². The first kappa shape index (κ1) is 26.1. The van der Waals surface area contributed by atoms with Gasteiger partial charge in [-0.25, -0.2) is 4.79 Å². The molecule has 0 aromatic rings. The van der Waals surface area contributed by atoms with E-state index in [1.165, 1.54) is 0 Å². The largest absolute Gasteiger partial charge is 0.463 e. The number of rotatable bonds is 12. The van der Waals surface area contributed by atoms with Crippen LogP contribution in [0.3, 0.4) is 0 Å². The van der Waals surface area contributed by atoms with Crippen LogP contribution in [0.1, 0.15) is 61.3 Å². The van der Waals surface area contributed by atoms with Gasteiger partial charge in [-0.2, -0.15) is 0 Å². The monoisotopic (exact) mass is 397 g/mol. The molecule has 0 unspecified atom stereocenters. The zero-order chi connectivity index (χ0) is 21.9. The average molecular weight is 398 g/mol. The molecule has 0 rings (SSSR count). The number of hydrogen-bond donors (Lipinski definition) is 2. The zero-order valence-corrected chi connectivity index (χ0v) is 18.8. The van der Waals surface area contributed by atoms with Crippen LogP contribution in [0.15, 0.2) is 11.6 Å². The van der Waals surface area contributed by atoms with Crippen molar-refractivity contribution in [2.45, 2.75) is 72.9 Å². The lowest BCUT2D eigenvalue weighted by Crippen LogP contribution is -2.57. The Bertz CT molecular complexity index is 554. The molecule has 7 nitrogen and oxygen atoms in total. The fourth-order valence-corrected chi connectivity index (χ4v) is 3.18. The van der Waals surface area contributed by atoms with Crippen molar-refractivity contribution in [3.63, 3.8) is 0 Å². The lowest BCUT2D eigenvalue weighted by molar-refractivity contribution is -0.138. The molecule has 0 aromatic carbocycles. The van der Waals surface area contributed by atoms with Gasteiger partial charge in [0.15, 0.2) is 0 Å². The Morgan fingerprint density at radius 2 is 1.68 bits per heavy atom. The summed E-state index contributed by atoms with van der Waals surface area (Å²) < 4.78 is 5.01. The topological polar surface area (TPSA) is 87.7 Å². The fraction of sp³-hybridized carbons (Fsp3) is 0.762. The number of carbonyl (C=O) groups excluding carboxylic acids is 3. The van der Waals surface area contributed by atoms with Gasteiger partial charge in [-0.05, 0) is 39.2 Å². The minimum Gasteiger partial charge on any atom is -0.463 e. The molecule has 0 spiro atoms. The summed E-state index contributed by atoms with van der Waals surface area (Å²) in [6.07, 6.45) is 3.04. The van der Waals surface area contributed by atoms with E-state index in [-0.39, 0.29) is 36.3 Å². The minimum atomic E-state index is -0.661. The summed E-state index contributed by atoms with van der Waals surface area (Å²) in [5, 5.41) is 6.02. The van der Waals surface area contributed by atoms with Gasteiger partial charge in [0.25, 0.3) is 0 Å². The maximum atomic E-state index is 12.7. The highest BCUT2D eigenvalue weighted by Gasteiger charge is 2.34. The van der Waals surface area contributed by atoms with Crippen LogP contribution in [0.2, 0.25) is 0 Å². The minimum absolute atomic E-state index is 0.0853. The predicted octanol–water partition coefficient (Wildman–Crippen LogP) is 2.26. The van der Waals surface area contributed by atoms with Crippen molar-refractivity contribution < 1.29 is 19.1 Å². The van der Waals surface area contributed by atoms with Crippen molar-refractivity contribution in [3.05, 3.63) is 11.6 Å². The maximum absolute atomic E-state index is 12.7. The van der Waals surface area contributed by atoms with Crippen LogP contribution in [0, 0.1) is 5.92 Å². The number of amides is 2. The molecule has 2 N–H and O–H groups in total. The second-order valence-corrected chi connectivity index (χ2v) is 7.31. The molecule has 0 fully saturated rings. The van der Waals surface area contributed by atoms with Crippen molar-refractivity contribution >= 4 is 17.8 Å². The van der Waals surface area contributed by atoms with Crippen LogP contribution in [0.25, 0.3) is 0 Å². The van der Waals surface area contributed by atoms with E-state index in [0.717, 1.165) is 0 Å². The Balaban J connectivity index is 5.17. The maximum Gasteiger partial charge on any atom is 0.333 e. The number of ether oxygens (including phenoxy) is 1. The highest BCUT2D eigenvalue weighted by atomic mass is 16.5. The van der Waals surface area contributed by atoms with Crippen molar-refractivity contribution in [1.82, 2.24) is 15.5 Å². The lowest BCUT2D eigenvalue weighted by Gasteiger charge is -2.32. The van der Waals surface area contributed by atoms with Crippen LogP contribution in [0.5, 0.6) is 0 Å². The first-order chi connectivity index (χ1) is 13.1. The Labute approximate surface area is 170 Å². The van der Waals surface area contributed by atoms with Gasteiger partial charge >= 0.3 is 5.97 Å². The second-order valence-electron chi connectivity index (χ2n) is 7.31. The van der Waals surface area contributed by atoms with Gasteiger partial charge in [-0.15, -0.1) is 0 Å². The third-order valence-electron chi connectivity index (χ3n) is 5.10. The van der Waals surface area contributed by atoms with Crippen LogP contribution in [-0.2, 0) is 19.1 Å². The normalized spacial score (nSPS) is 13.2. The van der Waals surface area contributed by atoms with Crippen LogP contribution < -0.4 is 10.6 Å². The van der Waals surface area contributed by atoms with E-state index in [0.29, 0.717) is 31.6 Å². The summed E-state index contributed by atoms with van der Waals surface area (Å²) in [5.41, 5.74) is -0.196. The Morgan fingerprint density at radius 1 is 1.11 bits per heavy atom. The zero-order valence-electron chi connectivity index (χ0n) is 18.8. The number of carbonyl (C=O) groups is 3. The van der Waals surface area contributed by atoms with E-state index in [2.05, 4.69) is 10.6 Å².